The Morgan fingerprint density at radius 2 is 2.00 bits per heavy atom. The van der Waals surface area contributed by atoms with Crippen LogP contribution in [0.1, 0.15) is 51.9 Å². The van der Waals surface area contributed by atoms with Crippen LogP contribution in [0, 0.1) is 3.57 Å². The van der Waals surface area contributed by atoms with E-state index in [2.05, 4.69) is 22.6 Å². The minimum Gasteiger partial charge on any atom is -0.461 e. The number of carbonyl (C=O) groups excluding carboxylic acids is 2. The monoisotopic (exact) mass is 423 g/mol. The summed E-state index contributed by atoms with van der Waals surface area (Å²) in [5.74, 6) is -0.243. The average molecular weight is 423 g/mol. The van der Waals surface area contributed by atoms with Crippen LogP contribution in [0.15, 0.2) is 30.3 Å². The first kappa shape index (κ1) is 16.2. The van der Waals surface area contributed by atoms with Crippen molar-refractivity contribution >= 4 is 34.3 Å². The Kier molecular flexibility index (Phi) is 4.84. The summed E-state index contributed by atoms with van der Waals surface area (Å²) < 4.78 is 8.15. The number of esters is 1. The first-order valence-electron chi connectivity index (χ1n) is 7.77. The van der Waals surface area contributed by atoms with Crippen molar-refractivity contribution in [2.24, 2.45) is 0 Å². The number of ether oxygens (including phenoxy) is 1. The van der Waals surface area contributed by atoms with Crippen molar-refractivity contribution in [3.63, 3.8) is 0 Å². The van der Waals surface area contributed by atoms with Gasteiger partial charge >= 0.3 is 5.97 Å². The average Bonchev–Trinajstić information content (AvgIpc) is 2.90. The van der Waals surface area contributed by atoms with E-state index >= 15 is 0 Å². The van der Waals surface area contributed by atoms with Crippen molar-refractivity contribution in [2.45, 2.75) is 32.7 Å². The number of fused-ring (bicyclic) bond motifs is 1. The number of rotatable bonds is 4. The van der Waals surface area contributed by atoms with E-state index < -0.39 is 0 Å². The van der Waals surface area contributed by atoms with Gasteiger partial charge in [0, 0.05) is 16.5 Å². The van der Waals surface area contributed by atoms with Crippen molar-refractivity contribution in [1.82, 2.24) is 4.57 Å². The molecule has 1 heterocycles. The van der Waals surface area contributed by atoms with E-state index in [1.807, 2.05) is 34.9 Å². The third-order valence-electron chi connectivity index (χ3n) is 4.03. The highest BCUT2D eigenvalue weighted by Crippen LogP contribution is 2.27. The van der Waals surface area contributed by atoms with Crippen molar-refractivity contribution in [2.75, 3.05) is 6.61 Å². The molecule has 0 radical (unpaired) electrons. The van der Waals surface area contributed by atoms with Crippen LogP contribution < -0.4 is 0 Å². The second-order valence-electron chi connectivity index (χ2n) is 5.61. The van der Waals surface area contributed by atoms with Gasteiger partial charge < -0.3 is 9.30 Å². The molecule has 4 nitrogen and oxygen atoms in total. The topological polar surface area (TPSA) is 48.3 Å². The number of halogens is 1. The Bertz CT molecular complexity index is 746. The lowest BCUT2D eigenvalue weighted by Gasteiger charge is -2.16. The summed E-state index contributed by atoms with van der Waals surface area (Å²) in [6.45, 7) is 2.62. The molecule has 0 saturated carbocycles. The smallest absolute Gasteiger partial charge is 0.354 e. The molecule has 0 unspecified atom stereocenters. The molecular weight excluding hydrogens is 405 g/mol. The molecule has 1 aliphatic rings. The van der Waals surface area contributed by atoms with Gasteiger partial charge in [0.15, 0.2) is 5.78 Å². The fourth-order valence-corrected chi connectivity index (χ4v) is 3.35. The third-order valence-corrected chi connectivity index (χ3v) is 4.75. The molecule has 0 N–H and O–H groups in total. The van der Waals surface area contributed by atoms with Crippen LogP contribution in [-0.2, 0) is 17.7 Å². The van der Waals surface area contributed by atoms with Crippen molar-refractivity contribution in [1.29, 1.82) is 0 Å². The summed E-state index contributed by atoms with van der Waals surface area (Å²) in [5, 5.41) is 0. The van der Waals surface area contributed by atoms with Gasteiger partial charge in [-0.2, -0.15) is 0 Å². The van der Waals surface area contributed by atoms with Crippen LogP contribution >= 0.6 is 22.6 Å². The first-order valence-corrected chi connectivity index (χ1v) is 8.85. The summed E-state index contributed by atoms with van der Waals surface area (Å²) in [5.41, 5.74) is 3.19. The van der Waals surface area contributed by atoms with Crippen LogP contribution in [0.5, 0.6) is 0 Å². The molecular formula is C18H18INO3. The maximum Gasteiger partial charge on any atom is 0.354 e. The van der Waals surface area contributed by atoms with E-state index in [0.717, 1.165) is 27.5 Å². The largest absolute Gasteiger partial charge is 0.461 e. The number of carbonyl (C=O) groups is 2. The second kappa shape index (κ2) is 6.86. The summed E-state index contributed by atoms with van der Waals surface area (Å²) in [6.07, 6.45) is 2.24. The fraction of sp³-hybridized carbons (Fsp3) is 0.333. The molecule has 23 heavy (non-hydrogen) atoms. The normalized spacial score (nSPS) is 13.7. The van der Waals surface area contributed by atoms with Gasteiger partial charge in [0.1, 0.15) is 5.69 Å². The second-order valence-corrected chi connectivity index (χ2v) is 6.86. The molecule has 120 valence electrons. The Balaban J connectivity index is 2.04. The van der Waals surface area contributed by atoms with Crippen molar-refractivity contribution in [3.05, 3.63) is 56.4 Å². The Hall–Kier alpha value is -1.63. The minimum absolute atomic E-state index is 0.118. The number of hydrogen-bond acceptors (Lipinski definition) is 3. The van der Waals surface area contributed by atoms with Gasteiger partial charge in [-0.05, 0) is 71.7 Å². The molecule has 2 aromatic rings. The van der Waals surface area contributed by atoms with E-state index in [9.17, 15) is 9.59 Å². The van der Waals surface area contributed by atoms with Crippen LogP contribution in [0.3, 0.4) is 0 Å². The molecule has 0 fully saturated rings. The molecule has 0 atom stereocenters. The predicted molar refractivity (Wildman–Crippen MR) is 95.9 cm³/mol. The third kappa shape index (κ3) is 3.34. The quantitative estimate of drug-likeness (QED) is 0.555. The van der Waals surface area contributed by atoms with Crippen LogP contribution in [-0.4, -0.2) is 22.9 Å². The number of hydrogen-bond donors (Lipinski definition) is 0. The molecule has 1 aliphatic carbocycles. The SMILES string of the molecule is CCOC(=O)c1cc2c(n1Cc1ccc(I)cc1)C(=O)CCC2. The number of Topliss-reactive ketones (excluding diaryl/α,β-unsaturated/α-hetero) is 1. The predicted octanol–water partition coefficient (Wildman–Crippen LogP) is 3.84. The lowest BCUT2D eigenvalue weighted by Crippen LogP contribution is -2.19. The maximum absolute atomic E-state index is 12.4. The molecule has 1 aromatic heterocycles. The maximum atomic E-state index is 12.4. The summed E-state index contributed by atoms with van der Waals surface area (Å²) >= 11 is 2.26. The number of nitrogens with zero attached hydrogens (tertiary/aromatic N) is 1. The number of benzene rings is 1. The molecule has 1 aromatic carbocycles. The highest BCUT2D eigenvalue weighted by molar-refractivity contribution is 14.1. The van der Waals surface area contributed by atoms with E-state index in [4.69, 9.17) is 4.74 Å². The van der Waals surface area contributed by atoms with Gasteiger partial charge in [0.25, 0.3) is 0 Å². The zero-order valence-corrected chi connectivity index (χ0v) is 15.1. The van der Waals surface area contributed by atoms with E-state index in [-0.39, 0.29) is 11.8 Å². The molecule has 0 spiro atoms. The summed E-state index contributed by atoms with van der Waals surface area (Å²) in [7, 11) is 0. The molecule has 0 bridgehead atoms. The Morgan fingerprint density at radius 1 is 1.26 bits per heavy atom. The Labute approximate surface area is 149 Å². The molecule has 3 rings (SSSR count). The van der Waals surface area contributed by atoms with Gasteiger partial charge in [-0.25, -0.2) is 4.79 Å². The number of aryl methyl sites for hydroxylation is 1. The lowest BCUT2D eigenvalue weighted by molar-refractivity contribution is 0.0514. The Morgan fingerprint density at radius 3 is 2.70 bits per heavy atom. The number of ketones is 1. The van der Waals surface area contributed by atoms with E-state index in [0.29, 0.717) is 31.0 Å². The zero-order valence-electron chi connectivity index (χ0n) is 13.0. The van der Waals surface area contributed by atoms with Gasteiger partial charge in [0.2, 0.25) is 0 Å². The van der Waals surface area contributed by atoms with Crippen molar-refractivity contribution in [3.8, 4) is 0 Å². The van der Waals surface area contributed by atoms with E-state index in [1.54, 1.807) is 6.92 Å². The summed E-state index contributed by atoms with van der Waals surface area (Å²) in [6, 6.07) is 9.93. The van der Waals surface area contributed by atoms with E-state index in [1.165, 1.54) is 0 Å². The van der Waals surface area contributed by atoms with Gasteiger partial charge in [-0.1, -0.05) is 12.1 Å². The lowest BCUT2D eigenvalue weighted by atomic mass is 9.97. The minimum atomic E-state index is -0.361. The first-order chi connectivity index (χ1) is 11.1. The number of aromatic nitrogens is 1. The van der Waals surface area contributed by atoms with Crippen LogP contribution in [0.25, 0.3) is 0 Å². The van der Waals surface area contributed by atoms with Gasteiger partial charge in [0.05, 0.1) is 12.3 Å². The molecule has 5 heteroatoms. The van der Waals surface area contributed by atoms with Gasteiger partial charge in [-0.15, -0.1) is 0 Å². The molecule has 0 saturated heterocycles. The standard InChI is InChI=1S/C18H18INO3/c1-2-23-18(22)15-10-13-4-3-5-16(21)17(13)20(15)11-12-6-8-14(19)9-7-12/h6-10H,2-5,11H2,1H3. The highest BCUT2D eigenvalue weighted by Gasteiger charge is 2.27. The van der Waals surface area contributed by atoms with Crippen molar-refractivity contribution < 1.29 is 14.3 Å². The van der Waals surface area contributed by atoms with Crippen LogP contribution in [0.2, 0.25) is 0 Å². The zero-order chi connectivity index (χ0) is 16.4. The fourth-order valence-electron chi connectivity index (χ4n) is 2.99. The molecule has 0 amide bonds. The summed E-state index contributed by atoms with van der Waals surface area (Å²) in [4.78, 5) is 24.6. The highest BCUT2D eigenvalue weighted by atomic mass is 127. The van der Waals surface area contributed by atoms with Crippen LogP contribution in [0.4, 0.5) is 0 Å². The molecule has 0 aliphatic heterocycles. The van der Waals surface area contributed by atoms with Gasteiger partial charge in [-0.3, -0.25) is 4.79 Å².